The van der Waals surface area contributed by atoms with Crippen molar-refractivity contribution in [1.82, 2.24) is 4.98 Å². The molecule has 0 fully saturated rings. The molecule has 1 nitrogen and oxygen atoms in total. The molecule has 0 saturated carbocycles. The average molecular weight is 223 g/mol. The molecule has 0 amide bonds. The monoisotopic (exact) mass is 223 g/mol. The minimum Gasteiger partial charge on any atom is -0.261 e. The maximum Gasteiger partial charge on any atom is 0.0925 e. The number of pyridine rings is 1. The lowest BCUT2D eigenvalue weighted by atomic mass is 9.95. The topological polar surface area (TPSA) is 12.9 Å². The minimum atomic E-state index is -0.457. The van der Waals surface area contributed by atoms with E-state index in [9.17, 15) is 0 Å². The Morgan fingerprint density at radius 2 is 2.14 bits per heavy atom. The van der Waals surface area contributed by atoms with Gasteiger partial charge in [-0.1, -0.05) is 19.9 Å². The maximum absolute atomic E-state index is 5.90. The van der Waals surface area contributed by atoms with E-state index in [-0.39, 0.29) is 0 Å². The van der Waals surface area contributed by atoms with E-state index < -0.39 is 4.80 Å². The van der Waals surface area contributed by atoms with Crippen LogP contribution in [0.1, 0.15) is 37.4 Å². The van der Waals surface area contributed by atoms with Gasteiger partial charge in [-0.15, -0.1) is 18.5 Å². The molecule has 1 rings (SSSR count). The van der Waals surface area contributed by atoms with Crippen molar-refractivity contribution < 1.29 is 0 Å². The van der Waals surface area contributed by atoms with Crippen LogP contribution in [-0.2, 0) is 4.80 Å². The standard InChI is InChI=1S/C10H16BNP2/c1-3-7(2)9-5-4-8(6-12-9)10(11,13)14/h4-7H,3,13-14H2,1-2H3. The van der Waals surface area contributed by atoms with Gasteiger partial charge in [-0.05, 0) is 28.8 Å². The number of aromatic nitrogens is 1. The first-order valence-corrected chi connectivity index (χ1v) is 5.93. The van der Waals surface area contributed by atoms with Crippen LogP contribution in [-0.4, -0.2) is 12.8 Å². The molecule has 0 aliphatic carbocycles. The van der Waals surface area contributed by atoms with E-state index in [2.05, 4.69) is 43.4 Å². The summed E-state index contributed by atoms with van der Waals surface area (Å²) in [5.74, 6) is 0.519. The van der Waals surface area contributed by atoms with Crippen LogP contribution in [0, 0.1) is 0 Å². The lowest BCUT2D eigenvalue weighted by Crippen LogP contribution is -2.08. The van der Waals surface area contributed by atoms with Crippen LogP contribution in [0.2, 0.25) is 0 Å². The molecule has 0 bridgehead atoms. The highest BCUT2D eigenvalue weighted by molar-refractivity contribution is 7.43. The zero-order chi connectivity index (χ0) is 10.8. The van der Waals surface area contributed by atoms with Crippen molar-refractivity contribution in [2.75, 3.05) is 0 Å². The smallest absolute Gasteiger partial charge is 0.0925 e. The third-order valence-corrected chi connectivity index (χ3v) is 3.07. The fourth-order valence-corrected chi connectivity index (χ4v) is 1.50. The molecule has 14 heavy (non-hydrogen) atoms. The molecule has 1 aromatic heterocycles. The van der Waals surface area contributed by atoms with Gasteiger partial charge in [0.1, 0.15) is 0 Å². The molecule has 2 radical (unpaired) electrons. The molecule has 0 spiro atoms. The Bertz CT molecular complexity index is 292. The third-order valence-electron chi connectivity index (χ3n) is 2.40. The molecule has 1 heterocycles. The van der Waals surface area contributed by atoms with Crippen LogP contribution < -0.4 is 0 Å². The van der Waals surface area contributed by atoms with Gasteiger partial charge in [0.05, 0.1) is 7.85 Å². The quantitative estimate of drug-likeness (QED) is 0.566. The van der Waals surface area contributed by atoms with Crippen molar-refractivity contribution in [3.8, 4) is 0 Å². The average Bonchev–Trinajstić information content (AvgIpc) is 2.15. The van der Waals surface area contributed by atoms with Gasteiger partial charge in [-0.3, -0.25) is 4.98 Å². The van der Waals surface area contributed by atoms with Gasteiger partial charge in [0, 0.05) is 11.9 Å². The van der Waals surface area contributed by atoms with Gasteiger partial charge in [0.15, 0.2) is 0 Å². The fraction of sp³-hybridized carbons (Fsp3) is 0.500. The molecule has 0 aromatic carbocycles. The normalized spacial score (nSPS) is 14.0. The van der Waals surface area contributed by atoms with Crippen molar-refractivity contribution >= 4 is 26.3 Å². The highest BCUT2D eigenvalue weighted by Gasteiger charge is 2.14. The molecule has 74 valence electrons. The zero-order valence-electron chi connectivity index (χ0n) is 8.70. The molecular formula is C10H16BNP2. The second-order valence-corrected chi connectivity index (χ2v) is 6.29. The number of nitrogens with zero attached hydrogens (tertiary/aromatic N) is 1. The first kappa shape index (κ1) is 12.1. The number of rotatable bonds is 3. The number of hydrogen-bond acceptors (Lipinski definition) is 1. The SMILES string of the molecule is [B]C(P)(P)c1ccc(C(C)CC)nc1. The summed E-state index contributed by atoms with van der Waals surface area (Å²) in [5.41, 5.74) is 2.15. The molecule has 3 unspecified atom stereocenters. The summed E-state index contributed by atoms with van der Waals surface area (Å²) in [7, 11) is 11.1. The highest BCUT2D eigenvalue weighted by Crippen LogP contribution is 2.34. The Labute approximate surface area is 92.3 Å². The van der Waals surface area contributed by atoms with Gasteiger partial charge < -0.3 is 0 Å². The molecule has 1 aromatic rings. The van der Waals surface area contributed by atoms with E-state index in [4.69, 9.17) is 7.85 Å². The third kappa shape index (κ3) is 3.04. The van der Waals surface area contributed by atoms with E-state index >= 15 is 0 Å². The summed E-state index contributed by atoms with van der Waals surface area (Å²) in [4.78, 5) is 3.95. The van der Waals surface area contributed by atoms with Crippen LogP contribution in [0.4, 0.5) is 0 Å². The Morgan fingerprint density at radius 1 is 1.50 bits per heavy atom. The lowest BCUT2D eigenvalue weighted by Gasteiger charge is -2.19. The minimum absolute atomic E-state index is 0.457. The predicted molar refractivity (Wildman–Crippen MR) is 69.8 cm³/mol. The second-order valence-electron chi connectivity index (χ2n) is 3.71. The molecule has 0 aliphatic heterocycles. The van der Waals surface area contributed by atoms with Crippen LogP contribution in [0.25, 0.3) is 0 Å². The van der Waals surface area contributed by atoms with Crippen LogP contribution in [0.15, 0.2) is 18.3 Å². The summed E-state index contributed by atoms with van der Waals surface area (Å²) in [5, 5.41) is 0. The van der Waals surface area contributed by atoms with E-state index in [0.29, 0.717) is 5.92 Å². The molecular weight excluding hydrogens is 207 g/mol. The predicted octanol–water partition coefficient (Wildman–Crippen LogP) is 2.62. The Hall–Kier alpha value is 0.0749. The van der Waals surface area contributed by atoms with E-state index in [1.54, 1.807) is 0 Å². The summed E-state index contributed by atoms with van der Waals surface area (Å²) in [6.07, 6.45) is 2.96. The van der Waals surface area contributed by atoms with Crippen LogP contribution in [0.3, 0.4) is 0 Å². The van der Waals surface area contributed by atoms with Crippen molar-refractivity contribution in [3.05, 3.63) is 29.6 Å². The first-order valence-electron chi connectivity index (χ1n) is 4.78. The molecule has 4 heteroatoms. The fourth-order valence-electron chi connectivity index (χ4n) is 1.16. The van der Waals surface area contributed by atoms with Gasteiger partial charge in [-0.2, -0.15) is 0 Å². The largest absolute Gasteiger partial charge is 0.261 e. The van der Waals surface area contributed by atoms with Crippen molar-refractivity contribution in [2.24, 2.45) is 0 Å². The Morgan fingerprint density at radius 3 is 2.50 bits per heavy atom. The molecule has 0 N–H and O–H groups in total. The lowest BCUT2D eigenvalue weighted by molar-refractivity contribution is 0.707. The van der Waals surface area contributed by atoms with E-state index in [1.807, 2.05) is 12.3 Å². The second kappa shape index (κ2) is 4.73. The van der Waals surface area contributed by atoms with E-state index in [0.717, 1.165) is 17.7 Å². The summed E-state index contributed by atoms with van der Waals surface area (Å²) in [6, 6.07) is 4.09. The van der Waals surface area contributed by atoms with Gasteiger partial charge in [0.2, 0.25) is 0 Å². The zero-order valence-corrected chi connectivity index (χ0v) is 11.0. The van der Waals surface area contributed by atoms with Crippen molar-refractivity contribution in [1.29, 1.82) is 0 Å². The van der Waals surface area contributed by atoms with Gasteiger partial charge >= 0.3 is 0 Å². The van der Waals surface area contributed by atoms with Crippen LogP contribution in [0.5, 0.6) is 0 Å². The van der Waals surface area contributed by atoms with Crippen molar-refractivity contribution in [3.63, 3.8) is 0 Å². The van der Waals surface area contributed by atoms with Crippen molar-refractivity contribution in [2.45, 2.75) is 31.0 Å². The van der Waals surface area contributed by atoms with Gasteiger partial charge in [0.25, 0.3) is 0 Å². The Kier molecular flexibility index (Phi) is 4.10. The molecule has 3 atom stereocenters. The summed E-state index contributed by atoms with van der Waals surface area (Å²) < 4.78 is 0. The Balaban J connectivity index is 2.89. The summed E-state index contributed by atoms with van der Waals surface area (Å²) in [6.45, 7) is 4.35. The van der Waals surface area contributed by atoms with E-state index in [1.165, 1.54) is 0 Å². The molecule has 0 saturated heterocycles. The number of hydrogen-bond donors (Lipinski definition) is 0. The highest BCUT2D eigenvalue weighted by atomic mass is 31.1. The van der Waals surface area contributed by atoms with Crippen LogP contribution >= 0.6 is 18.5 Å². The first-order chi connectivity index (χ1) is 6.45. The van der Waals surface area contributed by atoms with Gasteiger partial charge in [-0.25, -0.2) is 0 Å². The molecule has 0 aliphatic rings. The maximum atomic E-state index is 5.90. The summed E-state index contributed by atoms with van der Waals surface area (Å²) >= 11 is 0.